The van der Waals surface area contributed by atoms with Crippen LogP contribution in [-0.2, 0) is 5.41 Å². The maximum absolute atomic E-state index is 3.79. The third kappa shape index (κ3) is 2.71. The highest BCUT2D eigenvalue weighted by Gasteiger charge is 2.37. The zero-order valence-corrected chi connectivity index (χ0v) is 13.2. The summed E-state index contributed by atoms with van der Waals surface area (Å²) in [6, 6.07) is 9.24. The van der Waals surface area contributed by atoms with Gasteiger partial charge in [-0.3, -0.25) is 0 Å². The number of nitrogens with one attached hydrogen (secondary N) is 1. The Labute approximate surface area is 123 Å². The van der Waals surface area contributed by atoms with Crippen LogP contribution in [0.1, 0.15) is 52.0 Å². The molecule has 2 nitrogen and oxygen atoms in total. The van der Waals surface area contributed by atoms with Crippen LogP contribution in [0, 0.1) is 0 Å². The molecule has 1 saturated heterocycles. The molecule has 110 valence electrons. The summed E-state index contributed by atoms with van der Waals surface area (Å²) in [7, 11) is 0. The molecule has 1 saturated carbocycles. The molecule has 0 atom stereocenters. The van der Waals surface area contributed by atoms with Gasteiger partial charge < -0.3 is 10.2 Å². The number of benzene rings is 1. The molecular weight excluding hydrogens is 244 g/mol. The van der Waals surface area contributed by atoms with Gasteiger partial charge in [0.1, 0.15) is 0 Å². The van der Waals surface area contributed by atoms with E-state index < -0.39 is 0 Å². The first-order valence-corrected chi connectivity index (χ1v) is 8.09. The zero-order chi connectivity index (χ0) is 14.2. The largest absolute Gasteiger partial charge is 0.368 e. The summed E-state index contributed by atoms with van der Waals surface area (Å²) in [5, 5.41) is 3.79. The number of rotatable bonds is 1. The fraction of sp³-hybridized carbons (Fsp3) is 0.667. The molecule has 2 heteroatoms. The lowest BCUT2D eigenvalue weighted by Gasteiger charge is -2.42. The first-order valence-electron chi connectivity index (χ1n) is 8.09. The molecule has 2 aliphatic rings. The third-order valence-corrected chi connectivity index (χ3v) is 5.03. The maximum atomic E-state index is 3.79. The highest BCUT2D eigenvalue weighted by atomic mass is 15.2. The fourth-order valence-corrected chi connectivity index (χ4v) is 3.74. The number of nitrogens with zero attached hydrogens (tertiary/aromatic N) is 1. The molecule has 0 bridgehead atoms. The van der Waals surface area contributed by atoms with Crippen molar-refractivity contribution in [3.63, 3.8) is 0 Å². The van der Waals surface area contributed by atoms with E-state index in [0.29, 0.717) is 5.54 Å². The van der Waals surface area contributed by atoms with Gasteiger partial charge in [-0.2, -0.15) is 0 Å². The van der Waals surface area contributed by atoms with E-state index in [9.17, 15) is 0 Å². The average Bonchev–Trinajstić information content (AvgIpc) is 2.86. The van der Waals surface area contributed by atoms with Crippen LogP contribution in [-0.4, -0.2) is 25.2 Å². The minimum absolute atomic E-state index is 0.245. The molecule has 0 radical (unpaired) electrons. The molecule has 1 aliphatic carbocycles. The van der Waals surface area contributed by atoms with E-state index in [-0.39, 0.29) is 5.41 Å². The van der Waals surface area contributed by atoms with Crippen molar-refractivity contribution >= 4 is 5.69 Å². The number of hydrogen-bond acceptors (Lipinski definition) is 2. The van der Waals surface area contributed by atoms with Crippen molar-refractivity contribution in [1.29, 1.82) is 0 Å². The van der Waals surface area contributed by atoms with Crippen molar-refractivity contribution in [3.05, 3.63) is 29.8 Å². The summed E-state index contributed by atoms with van der Waals surface area (Å²) in [4.78, 5) is 2.58. The van der Waals surface area contributed by atoms with Gasteiger partial charge in [-0.1, -0.05) is 45.7 Å². The van der Waals surface area contributed by atoms with Crippen molar-refractivity contribution in [2.75, 3.05) is 24.5 Å². The Bertz CT molecular complexity index is 449. The highest BCUT2D eigenvalue weighted by Crippen LogP contribution is 2.34. The third-order valence-electron chi connectivity index (χ3n) is 5.03. The monoisotopic (exact) mass is 272 g/mol. The summed E-state index contributed by atoms with van der Waals surface area (Å²) >= 11 is 0. The number of anilines is 1. The van der Waals surface area contributed by atoms with E-state index in [2.05, 4.69) is 55.3 Å². The van der Waals surface area contributed by atoms with Crippen molar-refractivity contribution in [1.82, 2.24) is 5.32 Å². The van der Waals surface area contributed by atoms with Crippen LogP contribution in [0.5, 0.6) is 0 Å². The highest BCUT2D eigenvalue weighted by molar-refractivity contribution is 5.49. The Morgan fingerprint density at radius 2 is 1.70 bits per heavy atom. The van der Waals surface area contributed by atoms with E-state index in [4.69, 9.17) is 0 Å². The summed E-state index contributed by atoms with van der Waals surface area (Å²) in [5.74, 6) is 0. The Balaban J connectivity index is 1.75. The quantitative estimate of drug-likeness (QED) is 0.838. The molecule has 0 amide bonds. The summed E-state index contributed by atoms with van der Waals surface area (Å²) < 4.78 is 0. The van der Waals surface area contributed by atoms with Crippen LogP contribution in [0.3, 0.4) is 0 Å². The lowest BCUT2D eigenvalue weighted by atomic mass is 9.87. The standard InChI is InChI=1S/C18H28N2/c1-17(2,3)15-6-8-16(9-7-15)20-13-12-19-18(14-20)10-4-5-11-18/h6-9,19H,4-5,10-14H2,1-3H3. The molecule has 1 N–H and O–H groups in total. The first-order chi connectivity index (χ1) is 9.49. The Hall–Kier alpha value is -1.02. The van der Waals surface area contributed by atoms with E-state index in [1.807, 2.05) is 0 Å². The van der Waals surface area contributed by atoms with Gasteiger partial charge in [0.25, 0.3) is 0 Å². The second kappa shape index (κ2) is 5.07. The Morgan fingerprint density at radius 1 is 1.05 bits per heavy atom. The SMILES string of the molecule is CC(C)(C)c1ccc(N2CCNC3(CCCC3)C2)cc1. The van der Waals surface area contributed by atoms with Gasteiger partial charge in [-0.25, -0.2) is 0 Å². The molecule has 3 rings (SSSR count). The van der Waals surface area contributed by atoms with Crippen LogP contribution >= 0.6 is 0 Å². The van der Waals surface area contributed by atoms with E-state index in [0.717, 1.165) is 13.1 Å². The van der Waals surface area contributed by atoms with Crippen molar-refractivity contribution < 1.29 is 0 Å². The predicted molar refractivity (Wildman–Crippen MR) is 86.6 cm³/mol. The minimum atomic E-state index is 0.245. The van der Waals surface area contributed by atoms with E-state index >= 15 is 0 Å². The summed E-state index contributed by atoms with van der Waals surface area (Å²) in [6.07, 6.45) is 5.49. The van der Waals surface area contributed by atoms with Gasteiger partial charge in [0, 0.05) is 30.9 Å². The van der Waals surface area contributed by atoms with Crippen molar-refractivity contribution in [2.45, 2.75) is 57.4 Å². The molecule has 1 aliphatic heterocycles. The molecule has 1 spiro atoms. The van der Waals surface area contributed by atoms with Crippen molar-refractivity contribution in [2.24, 2.45) is 0 Å². The smallest absolute Gasteiger partial charge is 0.0367 e. The second-order valence-electron chi connectivity index (χ2n) is 7.63. The minimum Gasteiger partial charge on any atom is -0.368 e. The topological polar surface area (TPSA) is 15.3 Å². The van der Waals surface area contributed by atoms with Gasteiger partial charge in [0.2, 0.25) is 0 Å². The maximum Gasteiger partial charge on any atom is 0.0367 e. The van der Waals surface area contributed by atoms with Crippen LogP contribution in [0.2, 0.25) is 0 Å². The number of piperazine rings is 1. The molecule has 1 aromatic rings. The lowest BCUT2D eigenvalue weighted by Crippen LogP contribution is -2.59. The molecule has 0 unspecified atom stereocenters. The van der Waals surface area contributed by atoms with E-state index in [1.54, 1.807) is 0 Å². The second-order valence-corrected chi connectivity index (χ2v) is 7.63. The van der Waals surface area contributed by atoms with Crippen LogP contribution in [0.15, 0.2) is 24.3 Å². The zero-order valence-electron chi connectivity index (χ0n) is 13.2. The predicted octanol–water partition coefficient (Wildman–Crippen LogP) is 3.71. The molecule has 1 aromatic carbocycles. The first kappa shape index (κ1) is 13.9. The average molecular weight is 272 g/mol. The van der Waals surface area contributed by atoms with Crippen LogP contribution in [0.25, 0.3) is 0 Å². The van der Waals surface area contributed by atoms with Gasteiger partial charge in [-0.15, -0.1) is 0 Å². The Morgan fingerprint density at radius 3 is 2.30 bits per heavy atom. The molecule has 2 fully saturated rings. The van der Waals surface area contributed by atoms with Gasteiger partial charge in [-0.05, 0) is 36.0 Å². The molecular formula is C18H28N2. The van der Waals surface area contributed by atoms with Crippen LogP contribution in [0.4, 0.5) is 5.69 Å². The van der Waals surface area contributed by atoms with Gasteiger partial charge >= 0.3 is 0 Å². The van der Waals surface area contributed by atoms with Gasteiger partial charge in [0.05, 0.1) is 0 Å². The Kier molecular flexibility index (Phi) is 3.53. The normalized spacial score (nSPS) is 22.4. The molecule has 0 aromatic heterocycles. The van der Waals surface area contributed by atoms with Crippen molar-refractivity contribution in [3.8, 4) is 0 Å². The molecule has 20 heavy (non-hydrogen) atoms. The van der Waals surface area contributed by atoms with Crippen LogP contribution < -0.4 is 10.2 Å². The fourth-order valence-electron chi connectivity index (χ4n) is 3.74. The summed E-state index contributed by atoms with van der Waals surface area (Å²) in [6.45, 7) is 10.3. The molecule has 1 heterocycles. The lowest BCUT2D eigenvalue weighted by molar-refractivity contribution is 0.304. The number of hydrogen-bond donors (Lipinski definition) is 1. The van der Waals surface area contributed by atoms with E-state index in [1.165, 1.54) is 43.5 Å². The summed E-state index contributed by atoms with van der Waals surface area (Å²) in [5.41, 5.74) is 3.47. The van der Waals surface area contributed by atoms with Gasteiger partial charge in [0.15, 0.2) is 0 Å².